The molecule has 0 aliphatic heterocycles. The largest absolute Gasteiger partial charge is 0.383 e. The van der Waals surface area contributed by atoms with Gasteiger partial charge in [-0.15, -0.1) is 10.2 Å². The minimum atomic E-state index is 0.471. The number of hydrogen-bond donors (Lipinski definition) is 1. The maximum absolute atomic E-state index is 4.97. The summed E-state index contributed by atoms with van der Waals surface area (Å²) in [6, 6.07) is 0. The normalized spacial score (nSPS) is 13.0. The molecule has 92 valence electrons. The van der Waals surface area contributed by atoms with Gasteiger partial charge in [-0.2, -0.15) is 0 Å². The fourth-order valence-corrected chi connectivity index (χ4v) is 2.13. The number of nitrogens with zero attached hydrogens (tertiary/aromatic N) is 3. The third-order valence-corrected chi connectivity index (χ3v) is 3.41. The molecule has 1 rings (SSSR count). The molecular formula is C10H20N4OS. The second-order valence-electron chi connectivity index (χ2n) is 3.71. The maximum Gasteiger partial charge on any atom is 0.191 e. The van der Waals surface area contributed by atoms with Gasteiger partial charge in [-0.05, 0) is 6.92 Å². The third-order valence-electron chi connectivity index (χ3n) is 2.27. The molecule has 5 nitrogen and oxygen atoms in total. The number of rotatable bonds is 7. The van der Waals surface area contributed by atoms with Gasteiger partial charge in [0.1, 0.15) is 5.82 Å². The Morgan fingerprint density at radius 2 is 2.25 bits per heavy atom. The van der Waals surface area contributed by atoms with Crippen LogP contribution in [0.5, 0.6) is 0 Å². The van der Waals surface area contributed by atoms with E-state index in [1.165, 1.54) is 0 Å². The molecule has 0 aromatic carbocycles. The molecule has 1 unspecified atom stereocenters. The smallest absolute Gasteiger partial charge is 0.191 e. The van der Waals surface area contributed by atoms with E-state index >= 15 is 0 Å². The number of thioether (sulfide) groups is 1. The van der Waals surface area contributed by atoms with Crippen molar-refractivity contribution < 1.29 is 4.74 Å². The molecule has 0 saturated carbocycles. The molecule has 1 atom stereocenters. The average Bonchev–Trinajstić information content (AvgIpc) is 2.56. The Labute approximate surface area is 101 Å². The van der Waals surface area contributed by atoms with Crippen LogP contribution < -0.4 is 5.32 Å². The summed E-state index contributed by atoms with van der Waals surface area (Å²) < 4.78 is 6.98. The standard InChI is InChI=1S/C10H20N4OS/c1-8(7-11-5-6-15-4)16-10-13-12-9(2)14(10)3/h8,11H,5-7H2,1-4H3. The van der Waals surface area contributed by atoms with E-state index in [0.717, 1.165) is 30.7 Å². The highest BCUT2D eigenvalue weighted by Crippen LogP contribution is 2.20. The van der Waals surface area contributed by atoms with E-state index in [1.807, 2.05) is 18.5 Å². The minimum Gasteiger partial charge on any atom is -0.383 e. The number of hydrogen-bond acceptors (Lipinski definition) is 5. The summed E-state index contributed by atoms with van der Waals surface area (Å²) in [6.45, 7) is 6.71. The van der Waals surface area contributed by atoms with Gasteiger partial charge < -0.3 is 14.6 Å². The topological polar surface area (TPSA) is 52.0 Å². The van der Waals surface area contributed by atoms with Gasteiger partial charge in [-0.25, -0.2) is 0 Å². The van der Waals surface area contributed by atoms with Crippen molar-refractivity contribution in [3.8, 4) is 0 Å². The first-order chi connectivity index (χ1) is 7.65. The lowest BCUT2D eigenvalue weighted by Crippen LogP contribution is -2.26. The summed E-state index contributed by atoms with van der Waals surface area (Å²) in [7, 11) is 3.70. The van der Waals surface area contributed by atoms with E-state index in [-0.39, 0.29) is 0 Å². The quantitative estimate of drug-likeness (QED) is 0.569. The molecule has 0 bridgehead atoms. The number of ether oxygens (including phenoxy) is 1. The lowest BCUT2D eigenvalue weighted by molar-refractivity contribution is 0.199. The number of aryl methyl sites for hydroxylation is 1. The highest BCUT2D eigenvalue weighted by Gasteiger charge is 2.10. The lowest BCUT2D eigenvalue weighted by Gasteiger charge is -2.11. The predicted octanol–water partition coefficient (Wildman–Crippen LogP) is 0.840. The molecule has 0 amide bonds. The molecule has 16 heavy (non-hydrogen) atoms. The molecule has 1 N–H and O–H groups in total. The maximum atomic E-state index is 4.97. The second-order valence-corrected chi connectivity index (χ2v) is 5.12. The molecule has 1 aromatic heterocycles. The SMILES string of the molecule is COCCNCC(C)Sc1nnc(C)n1C. The van der Waals surface area contributed by atoms with Crippen LogP contribution >= 0.6 is 11.8 Å². The van der Waals surface area contributed by atoms with Gasteiger partial charge in [0.15, 0.2) is 5.16 Å². The molecule has 0 spiro atoms. The first kappa shape index (κ1) is 13.5. The summed E-state index contributed by atoms with van der Waals surface area (Å²) in [5, 5.41) is 12.9. The van der Waals surface area contributed by atoms with Crippen molar-refractivity contribution in [2.24, 2.45) is 7.05 Å². The molecule has 0 aliphatic rings. The Kier molecular flexibility index (Phi) is 5.79. The van der Waals surface area contributed by atoms with Crippen LogP contribution in [0.15, 0.2) is 5.16 Å². The zero-order chi connectivity index (χ0) is 12.0. The van der Waals surface area contributed by atoms with Crippen LogP contribution in [0, 0.1) is 6.92 Å². The monoisotopic (exact) mass is 244 g/mol. The van der Waals surface area contributed by atoms with E-state index in [9.17, 15) is 0 Å². The fourth-order valence-electron chi connectivity index (χ4n) is 1.19. The molecular weight excluding hydrogens is 224 g/mol. The summed E-state index contributed by atoms with van der Waals surface area (Å²) in [5.74, 6) is 0.946. The first-order valence-corrected chi connectivity index (χ1v) is 6.25. The van der Waals surface area contributed by atoms with Gasteiger partial charge in [0.2, 0.25) is 0 Å². The van der Waals surface area contributed by atoms with Crippen molar-refractivity contribution in [2.75, 3.05) is 26.8 Å². The van der Waals surface area contributed by atoms with Crippen LogP contribution in [0.2, 0.25) is 0 Å². The van der Waals surface area contributed by atoms with Gasteiger partial charge in [-0.3, -0.25) is 0 Å². The van der Waals surface area contributed by atoms with Crippen molar-refractivity contribution >= 4 is 11.8 Å². The number of methoxy groups -OCH3 is 1. The highest BCUT2D eigenvalue weighted by atomic mass is 32.2. The summed E-state index contributed by atoms with van der Waals surface area (Å²) >= 11 is 1.74. The zero-order valence-electron chi connectivity index (χ0n) is 10.4. The Morgan fingerprint density at radius 3 is 2.81 bits per heavy atom. The van der Waals surface area contributed by atoms with Crippen LogP contribution in [0.4, 0.5) is 0 Å². The molecule has 0 aliphatic carbocycles. The van der Waals surface area contributed by atoms with E-state index in [2.05, 4.69) is 22.4 Å². The summed E-state index contributed by atoms with van der Waals surface area (Å²) in [6.07, 6.45) is 0. The average molecular weight is 244 g/mol. The molecule has 6 heteroatoms. The van der Waals surface area contributed by atoms with Crippen LogP contribution in [0.3, 0.4) is 0 Å². The predicted molar refractivity (Wildman–Crippen MR) is 65.8 cm³/mol. The molecule has 0 saturated heterocycles. The third kappa shape index (κ3) is 4.11. The van der Waals surface area contributed by atoms with Crippen molar-refractivity contribution in [1.29, 1.82) is 0 Å². The van der Waals surface area contributed by atoms with Crippen LogP contribution in [-0.4, -0.2) is 46.8 Å². The molecule has 0 radical (unpaired) electrons. The summed E-state index contributed by atoms with van der Waals surface area (Å²) in [4.78, 5) is 0. The van der Waals surface area contributed by atoms with Gasteiger partial charge in [0.25, 0.3) is 0 Å². The zero-order valence-corrected chi connectivity index (χ0v) is 11.2. The number of nitrogens with one attached hydrogen (secondary N) is 1. The van der Waals surface area contributed by atoms with Gasteiger partial charge >= 0.3 is 0 Å². The van der Waals surface area contributed by atoms with Gasteiger partial charge in [0, 0.05) is 32.5 Å². The van der Waals surface area contributed by atoms with Crippen molar-refractivity contribution in [2.45, 2.75) is 24.3 Å². The molecule has 1 aromatic rings. The fraction of sp³-hybridized carbons (Fsp3) is 0.800. The van der Waals surface area contributed by atoms with E-state index in [4.69, 9.17) is 4.74 Å². The van der Waals surface area contributed by atoms with Crippen LogP contribution in [0.25, 0.3) is 0 Å². The second kappa shape index (κ2) is 6.88. The van der Waals surface area contributed by atoms with Gasteiger partial charge in [-0.1, -0.05) is 18.7 Å². The molecule has 1 heterocycles. The van der Waals surface area contributed by atoms with Crippen molar-refractivity contribution in [3.63, 3.8) is 0 Å². The number of aromatic nitrogens is 3. The van der Waals surface area contributed by atoms with Gasteiger partial charge in [0.05, 0.1) is 6.61 Å². The highest BCUT2D eigenvalue weighted by molar-refractivity contribution is 7.99. The Balaban J connectivity index is 2.28. The minimum absolute atomic E-state index is 0.471. The van der Waals surface area contributed by atoms with Crippen LogP contribution in [-0.2, 0) is 11.8 Å². The van der Waals surface area contributed by atoms with Crippen LogP contribution in [0.1, 0.15) is 12.7 Å². The first-order valence-electron chi connectivity index (χ1n) is 5.37. The molecule has 0 fully saturated rings. The van der Waals surface area contributed by atoms with E-state index in [1.54, 1.807) is 18.9 Å². The summed E-state index contributed by atoms with van der Waals surface area (Å²) in [5.41, 5.74) is 0. The van der Waals surface area contributed by atoms with Crippen molar-refractivity contribution in [1.82, 2.24) is 20.1 Å². The van der Waals surface area contributed by atoms with E-state index < -0.39 is 0 Å². The Morgan fingerprint density at radius 1 is 1.50 bits per heavy atom. The Hall–Kier alpha value is -0.590. The van der Waals surface area contributed by atoms with Crippen molar-refractivity contribution in [3.05, 3.63) is 5.82 Å². The lowest BCUT2D eigenvalue weighted by atomic mass is 10.4. The van der Waals surface area contributed by atoms with E-state index in [0.29, 0.717) is 5.25 Å². The Bertz CT molecular complexity index is 316.